The van der Waals surface area contributed by atoms with Crippen LogP contribution in [0.15, 0.2) is 35.5 Å². The molecule has 6 nitrogen and oxygen atoms in total. The van der Waals surface area contributed by atoms with Gasteiger partial charge in [0.05, 0.1) is 0 Å². The molecule has 21 heavy (non-hydrogen) atoms. The van der Waals surface area contributed by atoms with Crippen LogP contribution in [0.4, 0.5) is 5.95 Å². The van der Waals surface area contributed by atoms with Gasteiger partial charge in [0.1, 0.15) is 5.69 Å². The molecule has 110 valence electrons. The molecule has 2 aromatic rings. The summed E-state index contributed by atoms with van der Waals surface area (Å²) >= 11 is 0. The Bertz CT molecular complexity index is 652. The van der Waals surface area contributed by atoms with Crippen LogP contribution in [0, 0.1) is 13.8 Å². The molecule has 0 amide bonds. The van der Waals surface area contributed by atoms with Crippen molar-refractivity contribution in [2.75, 3.05) is 11.9 Å². The number of nitrogens with two attached hydrogens (primary N) is 1. The lowest BCUT2D eigenvalue weighted by Gasteiger charge is -2.18. The molecule has 0 aliphatic carbocycles. The van der Waals surface area contributed by atoms with Crippen molar-refractivity contribution in [3.05, 3.63) is 52.8 Å². The van der Waals surface area contributed by atoms with Crippen molar-refractivity contribution in [1.82, 2.24) is 9.97 Å². The zero-order chi connectivity index (χ0) is 15.4. The summed E-state index contributed by atoms with van der Waals surface area (Å²) in [6.07, 6.45) is 0. The molecule has 1 aromatic carbocycles. The highest BCUT2D eigenvalue weighted by Crippen LogP contribution is 2.13. The fourth-order valence-corrected chi connectivity index (χ4v) is 1.94. The minimum absolute atomic E-state index is 0.0227. The highest BCUT2D eigenvalue weighted by molar-refractivity contribution is 5.95. The molecule has 0 bridgehead atoms. The fraction of sp³-hybridized carbons (Fsp3) is 0.267. The van der Waals surface area contributed by atoms with Gasteiger partial charge in [0.15, 0.2) is 5.84 Å². The first-order chi connectivity index (χ1) is 9.99. The number of hydrogen-bond acceptors (Lipinski definition) is 5. The van der Waals surface area contributed by atoms with E-state index in [1.54, 1.807) is 6.07 Å². The molecular weight excluding hydrogens is 266 g/mol. The van der Waals surface area contributed by atoms with E-state index in [-0.39, 0.29) is 5.84 Å². The van der Waals surface area contributed by atoms with Crippen LogP contribution in [0.2, 0.25) is 0 Å². The lowest BCUT2D eigenvalue weighted by atomic mass is 10.1. The lowest BCUT2D eigenvalue weighted by molar-refractivity contribution is 0.318. The maximum absolute atomic E-state index is 8.76. The molecular formula is C15H19N5O. The van der Waals surface area contributed by atoms with E-state index in [9.17, 15) is 0 Å². The third kappa shape index (κ3) is 3.68. The zero-order valence-corrected chi connectivity index (χ0v) is 12.4. The summed E-state index contributed by atoms with van der Waals surface area (Å²) in [7, 11) is 1.91. The van der Waals surface area contributed by atoms with Crippen LogP contribution in [-0.2, 0) is 6.54 Å². The summed E-state index contributed by atoms with van der Waals surface area (Å²) < 4.78 is 0. The van der Waals surface area contributed by atoms with Gasteiger partial charge < -0.3 is 15.8 Å². The lowest BCUT2D eigenvalue weighted by Crippen LogP contribution is -2.22. The van der Waals surface area contributed by atoms with Crippen LogP contribution < -0.4 is 10.6 Å². The first-order valence-corrected chi connectivity index (χ1v) is 6.60. The number of anilines is 1. The SMILES string of the molecule is Cc1ccc(CN(C)c2nc(C)cc(/C(N)=N/O)n2)cc1. The smallest absolute Gasteiger partial charge is 0.226 e. The predicted molar refractivity (Wildman–Crippen MR) is 82.6 cm³/mol. The summed E-state index contributed by atoms with van der Waals surface area (Å²) in [6.45, 7) is 4.58. The van der Waals surface area contributed by atoms with Gasteiger partial charge in [-0.3, -0.25) is 0 Å². The maximum atomic E-state index is 8.76. The number of aromatic nitrogens is 2. The van der Waals surface area contributed by atoms with Gasteiger partial charge in [-0.05, 0) is 25.5 Å². The van der Waals surface area contributed by atoms with E-state index < -0.39 is 0 Å². The van der Waals surface area contributed by atoms with Gasteiger partial charge >= 0.3 is 0 Å². The number of amidine groups is 1. The second-order valence-electron chi connectivity index (χ2n) is 5.02. The first-order valence-electron chi connectivity index (χ1n) is 6.60. The Morgan fingerprint density at radius 3 is 2.52 bits per heavy atom. The predicted octanol–water partition coefficient (Wildman–Crippen LogP) is 1.82. The van der Waals surface area contributed by atoms with Gasteiger partial charge in [-0.2, -0.15) is 0 Å². The van der Waals surface area contributed by atoms with Gasteiger partial charge in [-0.25, -0.2) is 9.97 Å². The molecule has 0 spiro atoms. The third-order valence-corrected chi connectivity index (χ3v) is 3.09. The van der Waals surface area contributed by atoms with Crippen LogP contribution in [0.1, 0.15) is 22.5 Å². The van der Waals surface area contributed by atoms with Gasteiger partial charge in [0.2, 0.25) is 5.95 Å². The minimum Gasteiger partial charge on any atom is -0.409 e. The number of nitrogens with zero attached hydrogens (tertiary/aromatic N) is 4. The Morgan fingerprint density at radius 1 is 1.24 bits per heavy atom. The van der Waals surface area contributed by atoms with E-state index >= 15 is 0 Å². The molecule has 0 atom stereocenters. The van der Waals surface area contributed by atoms with Crippen molar-refractivity contribution in [3.63, 3.8) is 0 Å². The van der Waals surface area contributed by atoms with Gasteiger partial charge in [-0.15, -0.1) is 0 Å². The molecule has 6 heteroatoms. The van der Waals surface area contributed by atoms with Crippen molar-refractivity contribution in [3.8, 4) is 0 Å². The Kier molecular flexibility index (Phi) is 4.37. The normalized spacial score (nSPS) is 11.5. The van der Waals surface area contributed by atoms with Gasteiger partial charge in [0.25, 0.3) is 0 Å². The molecule has 0 aliphatic heterocycles. The van der Waals surface area contributed by atoms with Crippen molar-refractivity contribution in [2.24, 2.45) is 10.9 Å². The second kappa shape index (κ2) is 6.21. The summed E-state index contributed by atoms with van der Waals surface area (Å²) in [5.41, 5.74) is 9.16. The molecule has 3 N–H and O–H groups in total. The fourth-order valence-electron chi connectivity index (χ4n) is 1.94. The Morgan fingerprint density at radius 2 is 1.90 bits per heavy atom. The largest absolute Gasteiger partial charge is 0.409 e. The summed E-state index contributed by atoms with van der Waals surface area (Å²) in [5, 5.41) is 11.7. The number of oxime groups is 1. The zero-order valence-electron chi connectivity index (χ0n) is 12.4. The van der Waals surface area contributed by atoms with Gasteiger partial charge in [-0.1, -0.05) is 35.0 Å². The molecule has 0 radical (unpaired) electrons. The van der Waals surface area contributed by atoms with E-state index in [1.807, 2.05) is 18.9 Å². The summed E-state index contributed by atoms with van der Waals surface area (Å²) in [4.78, 5) is 10.6. The number of aryl methyl sites for hydroxylation is 2. The van der Waals surface area contributed by atoms with E-state index in [0.29, 0.717) is 18.2 Å². The molecule has 0 aliphatic rings. The quantitative estimate of drug-likeness (QED) is 0.387. The Hall–Kier alpha value is -2.63. The van der Waals surface area contributed by atoms with Crippen molar-refractivity contribution in [2.45, 2.75) is 20.4 Å². The van der Waals surface area contributed by atoms with E-state index in [1.165, 1.54) is 11.1 Å². The average Bonchev–Trinajstić information content (AvgIpc) is 2.48. The molecule has 0 saturated heterocycles. The van der Waals surface area contributed by atoms with Crippen LogP contribution >= 0.6 is 0 Å². The number of rotatable bonds is 4. The van der Waals surface area contributed by atoms with Crippen molar-refractivity contribution in [1.29, 1.82) is 0 Å². The maximum Gasteiger partial charge on any atom is 0.226 e. The number of benzene rings is 1. The van der Waals surface area contributed by atoms with E-state index in [4.69, 9.17) is 10.9 Å². The van der Waals surface area contributed by atoms with Crippen molar-refractivity contribution >= 4 is 11.8 Å². The average molecular weight is 285 g/mol. The topological polar surface area (TPSA) is 87.6 Å². The molecule has 0 unspecified atom stereocenters. The first kappa shape index (κ1) is 14.8. The standard InChI is InChI=1S/C15H19N5O/c1-10-4-6-12(7-5-10)9-20(3)15-17-11(2)8-13(18-15)14(16)19-21/h4-8,21H,9H2,1-3H3,(H2,16,19). The Labute approximate surface area is 123 Å². The molecule has 0 fully saturated rings. The molecule has 2 rings (SSSR count). The summed E-state index contributed by atoms with van der Waals surface area (Å²) in [6, 6.07) is 9.97. The summed E-state index contributed by atoms with van der Waals surface area (Å²) in [5.74, 6) is 0.516. The molecule has 0 saturated carbocycles. The van der Waals surface area contributed by atoms with Gasteiger partial charge in [0, 0.05) is 19.3 Å². The molecule has 1 aromatic heterocycles. The highest BCUT2D eigenvalue weighted by Gasteiger charge is 2.10. The highest BCUT2D eigenvalue weighted by atomic mass is 16.4. The van der Waals surface area contributed by atoms with Crippen molar-refractivity contribution < 1.29 is 5.21 Å². The molecule has 1 heterocycles. The third-order valence-electron chi connectivity index (χ3n) is 3.09. The Balaban J connectivity index is 2.24. The van der Waals surface area contributed by atoms with Crippen LogP contribution in [-0.4, -0.2) is 28.1 Å². The second-order valence-corrected chi connectivity index (χ2v) is 5.02. The monoisotopic (exact) mass is 285 g/mol. The van der Waals surface area contributed by atoms with E-state index in [2.05, 4.69) is 46.3 Å². The minimum atomic E-state index is -0.0227. The van der Waals surface area contributed by atoms with Crippen LogP contribution in [0.3, 0.4) is 0 Å². The van der Waals surface area contributed by atoms with Crippen LogP contribution in [0.5, 0.6) is 0 Å². The van der Waals surface area contributed by atoms with Crippen LogP contribution in [0.25, 0.3) is 0 Å². The van der Waals surface area contributed by atoms with E-state index in [0.717, 1.165) is 5.69 Å². The number of hydrogen-bond donors (Lipinski definition) is 2.